The molecule has 6 heteroatoms. The largest absolute Gasteiger partial charge is 0.573 e. The van der Waals surface area contributed by atoms with Crippen LogP contribution in [0, 0.1) is 0 Å². The van der Waals surface area contributed by atoms with Gasteiger partial charge in [0.25, 0.3) is 0 Å². The fraction of sp³-hybridized carbons (Fsp3) is 0.455. The van der Waals surface area contributed by atoms with Crippen LogP contribution in [-0.4, -0.2) is 22.9 Å². The summed E-state index contributed by atoms with van der Waals surface area (Å²) in [4.78, 5) is 1.75. The molecular weight excluding hydrogens is 235 g/mol. The molecule has 1 aliphatic rings. The van der Waals surface area contributed by atoms with Crippen molar-refractivity contribution in [2.75, 3.05) is 6.54 Å². The van der Waals surface area contributed by atoms with Gasteiger partial charge in [0.1, 0.15) is 12.0 Å². The molecule has 0 saturated carbocycles. The number of alkyl halides is 3. The molecule has 0 amide bonds. The lowest BCUT2D eigenvalue weighted by atomic mass is 10.1. The summed E-state index contributed by atoms with van der Waals surface area (Å²) in [7, 11) is 0. The van der Waals surface area contributed by atoms with Gasteiger partial charge in [0.15, 0.2) is 0 Å². The van der Waals surface area contributed by atoms with E-state index < -0.39 is 12.6 Å². The molecule has 0 saturated heterocycles. The van der Waals surface area contributed by atoms with Crippen molar-refractivity contribution in [2.24, 2.45) is 0 Å². The summed E-state index contributed by atoms with van der Waals surface area (Å²) in [6, 6.07) is 4.01. The Kier molecular flexibility index (Phi) is 3.01. The molecule has 1 aromatic rings. The Morgan fingerprint density at radius 1 is 1.47 bits per heavy atom. The number of nitrogens with zero attached hydrogens (tertiary/aromatic N) is 1. The average molecular weight is 247 g/mol. The molecule has 0 fully saturated rings. The van der Waals surface area contributed by atoms with Crippen molar-refractivity contribution >= 4 is 0 Å². The van der Waals surface area contributed by atoms with Gasteiger partial charge in [0.05, 0.1) is 0 Å². The topological polar surface area (TPSA) is 32.7 Å². The maximum absolute atomic E-state index is 12.0. The number of hydrogen-bond donors (Lipinski definition) is 1. The van der Waals surface area contributed by atoms with Crippen LogP contribution in [0.25, 0.3) is 0 Å². The summed E-state index contributed by atoms with van der Waals surface area (Å²) in [5, 5.41) is 9.83. The van der Waals surface area contributed by atoms with Crippen molar-refractivity contribution in [1.82, 2.24) is 4.90 Å². The highest BCUT2D eigenvalue weighted by atomic mass is 19.4. The Labute approximate surface area is 96.4 Å². The highest BCUT2D eigenvalue weighted by Crippen LogP contribution is 2.34. The molecule has 1 N–H and O–H groups in total. The van der Waals surface area contributed by atoms with E-state index in [-0.39, 0.29) is 5.75 Å². The molecule has 94 valence electrons. The zero-order valence-corrected chi connectivity index (χ0v) is 9.16. The number of fused-ring (bicyclic) bond motifs is 1. The van der Waals surface area contributed by atoms with Gasteiger partial charge >= 0.3 is 6.36 Å². The van der Waals surface area contributed by atoms with E-state index in [0.29, 0.717) is 24.2 Å². The van der Waals surface area contributed by atoms with Crippen molar-refractivity contribution in [3.8, 4) is 5.75 Å². The van der Waals surface area contributed by atoms with Crippen molar-refractivity contribution in [3.63, 3.8) is 0 Å². The van der Waals surface area contributed by atoms with Crippen LogP contribution < -0.4 is 4.74 Å². The van der Waals surface area contributed by atoms with E-state index in [1.54, 1.807) is 4.90 Å². The molecule has 2 rings (SSSR count). The molecule has 0 aliphatic carbocycles. The van der Waals surface area contributed by atoms with E-state index in [1.165, 1.54) is 18.2 Å². The summed E-state index contributed by atoms with van der Waals surface area (Å²) in [6.45, 7) is 2.94. The maximum atomic E-state index is 12.0. The summed E-state index contributed by atoms with van der Waals surface area (Å²) < 4.78 is 39.9. The van der Waals surface area contributed by atoms with Gasteiger partial charge in [0, 0.05) is 12.1 Å². The summed E-state index contributed by atoms with van der Waals surface area (Å²) >= 11 is 0. The lowest BCUT2D eigenvalue weighted by Crippen LogP contribution is -2.20. The normalized spacial score (nSPS) is 20.4. The molecule has 1 aliphatic heterocycles. The second kappa shape index (κ2) is 4.19. The fourth-order valence-electron chi connectivity index (χ4n) is 1.95. The first-order valence-corrected chi connectivity index (χ1v) is 5.21. The van der Waals surface area contributed by atoms with Gasteiger partial charge in [-0.05, 0) is 24.2 Å². The third kappa shape index (κ3) is 2.53. The molecular formula is C11H12F3NO2. The first-order chi connectivity index (χ1) is 7.90. The number of ether oxygens (including phenoxy) is 1. The molecule has 0 spiro atoms. The van der Waals surface area contributed by atoms with E-state index in [9.17, 15) is 18.3 Å². The highest BCUT2D eigenvalue weighted by Gasteiger charge is 2.33. The van der Waals surface area contributed by atoms with Gasteiger partial charge < -0.3 is 9.84 Å². The lowest BCUT2D eigenvalue weighted by Gasteiger charge is -2.17. The molecule has 0 aromatic heterocycles. The quantitative estimate of drug-likeness (QED) is 0.871. The standard InChI is InChI=1S/C11H12F3NO2/c1-2-15-6-7-5-8(17-11(12,13)14)3-4-9(7)10(15)16/h3-5,10,16H,2,6H2,1H3. The third-order valence-corrected chi connectivity index (χ3v) is 2.75. The van der Waals surface area contributed by atoms with Crippen LogP contribution in [0.5, 0.6) is 5.75 Å². The fourth-order valence-corrected chi connectivity index (χ4v) is 1.95. The van der Waals surface area contributed by atoms with Crippen molar-refractivity contribution in [3.05, 3.63) is 29.3 Å². The van der Waals surface area contributed by atoms with Crippen molar-refractivity contribution in [1.29, 1.82) is 0 Å². The van der Waals surface area contributed by atoms with Gasteiger partial charge in [-0.25, -0.2) is 0 Å². The minimum absolute atomic E-state index is 0.249. The Bertz CT molecular complexity index is 420. The number of halogens is 3. The zero-order valence-electron chi connectivity index (χ0n) is 9.16. The van der Waals surface area contributed by atoms with Crippen LogP contribution in [0.1, 0.15) is 24.3 Å². The van der Waals surface area contributed by atoms with Crippen LogP contribution in [0.4, 0.5) is 13.2 Å². The van der Waals surface area contributed by atoms with Crippen LogP contribution >= 0.6 is 0 Å². The number of aliphatic hydroxyl groups excluding tert-OH is 1. The van der Waals surface area contributed by atoms with Crippen LogP contribution in [-0.2, 0) is 6.54 Å². The molecule has 0 radical (unpaired) electrons. The van der Waals surface area contributed by atoms with E-state index in [0.717, 1.165) is 0 Å². The molecule has 1 aromatic carbocycles. The molecule has 1 unspecified atom stereocenters. The molecule has 1 atom stereocenters. The minimum Gasteiger partial charge on any atom is -0.406 e. The number of hydrogen-bond acceptors (Lipinski definition) is 3. The highest BCUT2D eigenvalue weighted by molar-refractivity contribution is 5.39. The van der Waals surface area contributed by atoms with Gasteiger partial charge in [-0.2, -0.15) is 0 Å². The number of benzene rings is 1. The Hall–Kier alpha value is -1.27. The Morgan fingerprint density at radius 2 is 2.18 bits per heavy atom. The van der Waals surface area contributed by atoms with Crippen LogP contribution in [0.15, 0.2) is 18.2 Å². The van der Waals surface area contributed by atoms with E-state index >= 15 is 0 Å². The minimum atomic E-state index is -4.68. The predicted molar refractivity (Wildman–Crippen MR) is 54.2 cm³/mol. The monoisotopic (exact) mass is 247 g/mol. The second-order valence-electron chi connectivity index (χ2n) is 3.85. The zero-order chi connectivity index (χ0) is 12.6. The van der Waals surface area contributed by atoms with E-state index in [2.05, 4.69) is 4.74 Å². The van der Waals surface area contributed by atoms with Gasteiger partial charge in [-0.15, -0.1) is 13.2 Å². The van der Waals surface area contributed by atoms with Crippen molar-refractivity contribution < 1.29 is 23.0 Å². The van der Waals surface area contributed by atoms with Crippen LogP contribution in [0.2, 0.25) is 0 Å². The summed E-state index contributed by atoms with van der Waals surface area (Å²) in [5.74, 6) is -0.249. The van der Waals surface area contributed by atoms with Crippen LogP contribution in [0.3, 0.4) is 0 Å². The molecule has 0 bridgehead atoms. The molecule has 17 heavy (non-hydrogen) atoms. The van der Waals surface area contributed by atoms with Gasteiger partial charge in [-0.3, -0.25) is 4.90 Å². The molecule has 3 nitrogen and oxygen atoms in total. The summed E-state index contributed by atoms with van der Waals surface area (Å²) in [6.07, 6.45) is -5.43. The van der Waals surface area contributed by atoms with Gasteiger partial charge in [-0.1, -0.05) is 13.0 Å². The van der Waals surface area contributed by atoms with E-state index in [1.807, 2.05) is 6.92 Å². The second-order valence-corrected chi connectivity index (χ2v) is 3.85. The predicted octanol–water partition coefficient (Wildman–Crippen LogP) is 2.41. The average Bonchev–Trinajstić information content (AvgIpc) is 2.52. The third-order valence-electron chi connectivity index (χ3n) is 2.75. The Balaban J connectivity index is 2.23. The number of rotatable bonds is 2. The Morgan fingerprint density at radius 3 is 2.76 bits per heavy atom. The van der Waals surface area contributed by atoms with E-state index in [4.69, 9.17) is 0 Å². The lowest BCUT2D eigenvalue weighted by molar-refractivity contribution is -0.274. The first kappa shape index (κ1) is 12.2. The smallest absolute Gasteiger partial charge is 0.406 e. The molecule has 1 heterocycles. The van der Waals surface area contributed by atoms with Crippen molar-refractivity contribution in [2.45, 2.75) is 26.1 Å². The SMILES string of the molecule is CCN1Cc2cc(OC(F)(F)F)ccc2C1O. The summed E-state index contributed by atoms with van der Waals surface area (Å²) in [5.41, 5.74) is 1.31. The van der Waals surface area contributed by atoms with Gasteiger partial charge in [0.2, 0.25) is 0 Å². The number of aliphatic hydroxyl groups is 1. The first-order valence-electron chi connectivity index (χ1n) is 5.21. The maximum Gasteiger partial charge on any atom is 0.573 e.